The van der Waals surface area contributed by atoms with Gasteiger partial charge in [0, 0.05) is 25.2 Å². The van der Waals surface area contributed by atoms with Crippen LogP contribution in [-0.4, -0.2) is 84.7 Å². The number of likely N-dealkylation sites (N-methyl/N-ethyl adjacent to an activating group) is 2. The summed E-state index contributed by atoms with van der Waals surface area (Å²) in [6, 6.07) is 8.60. The number of aliphatic hydroxyl groups is 2. The summed E-state index contributed by atoms with van der Waals surface area (Å²) < 4.78 is 11.5. The summed E-state index contributed by atoms with van der Waals surface area (Å²) in [7, 11) is 4.21. The Morgan fingerprint density at radius 1 is 0.688 bits per heavy atom. The van der Waals surface area contributed by atoms with Gasteiger partial charge >= 0.3 is 0 Å². The highest BCUT2D eigenvalue weighted by molar-refractivity contribution is 5.31. The van der Waals surface area contributed by atoms with Crippen molar-refractivity contribution >= 4 is 0 Å². The van der Waals surface area contributed by atoms with Gasteiger partial charge in [-0.2, -0.15) is 0 Å². The lowest BCUT2D eigenvalue weighted by molar-refractivity contribution is 0.0550. The third kappa shape index (κ3) is 8.54. The number of benzene rings is 1. The Hall–Kier alpha value is -1.34. The molecule has 2 N–H and O–H groups in total. The molecule has 32 heavy (non-hydrogen) atoms. The zero-order chi connectivity index (χ0) is 22.8. The van der Waals surface area contributed by atoms with Gasteiger partial charge in [0.2, 0.25) is 0 Å². The van der Waals surface area contributed by atoms with Crippen LogP contribution >= 0.6 is 0 Å². The van der Waals surface area contributed by atoms with Crippen LogP contribution in [0.1, 0.15) is 64.2 Å². The number of hydrogen-bond donors (Lipinski definition) is 2. The molecule has 6 heteroatoms. The van der Waals surface area contributed by atoms with Crippen molar-refractivity contribution in [3.63, 3.8) is 0 Å². The molecule has 2 aliphatic carbocycles. The zero-order valence-electron chi connectivity index (χ0n) is 20.1. The monoisotopic (exact) mass is 448 g/mol. The summed E-state index contributed by atoms with van der Waals surface area (Å²) in [6.45, 7) is 1.84. The van der Waals surface area contributed by atoms with Crippen molar-refractivity contribution in [1.29, 1.82) is 0 Å². The van der Waals surface area contributed by atoms with Crippen LogP contribution in [0.25, 0.3) is 0 Å². The first-order valence-corrected chi connectivity index (χ1v) is 12.6. The van der Waals surface area contributed by atoms with E-state index in [1.165, 1.54) is 64.2 Å². The molecule has 0 unspecified atom stereocenters. The van der Waals surface area contributed by atoms with Crippen LogP contribution in [-0.2, 0) is 0 Å². The molecule has 0 radical (unpaired) electrons. The molecular weight excluding hydrogens is 404 g/mol. The summed E-state index contributed by atoms with van der Waals surface area (Å²) >= 11 is 0. The maximum Gasteiger partial charge on any atom is 0.119 e. The lowest BCUT2D eigenvalue weighted by atomic mass is 9.94. The van der Waals surface area contributed by atoms with Gasteiger partial charge in [-0.1, -0.05) is 38.5 Å². The van der Waals surface area contributed by atoms with Gasteiger partial charge in [-0.05, 0) is 64.0 Å². The smallest absolute Gasteiger partial charge is 0.119 e. The summed E-state index contributed by atoms with van der Waals surface area (Å²) in [6.07, 6.45) is 11.8. The fourth-order valence-electron chi connectivity index (χ4n) is 5.13. The van der Waals surface area contributed by atoms with Crippen molar-refractivity contribution in [3.05, 3.63) is 24.3 Å². The van der Waals surface area contributed by atoms with E-state index < -0.39 is 12.2 Å². The minimum absolute atomic E-state index is 0.281. The van der Waals surface area contributed by atoms with E-state index in [4.69, 9.17) is 9.47 Å². The molecule has 182 valence electrons. The molecule has 6 nitrogen and oxygen atoms in total. The van der Waals surface area contributed by atoms with Crippen LogP contribution in [0.3, 0.4) is 0 Å². The Bertz CT molecular complexity index is 574. The molecule has 0 aliphatic heterocycles. The molecule has 1 aromatic carbocycles. The number of ether oxygens (including phenoxy) is 2. The summed E-state index contributed by atoms with van der Waals surface area (Å²) in [5.74, 6) is 1.43. The number of rotatable bonds is 12. The SMILES string of the molecule is CN(C[C@@H](O)COc1ccc(OC[C@H](O)CN(C)C2CCCCC2)cc1)C1CCCCC1. The summed E-state index contributed by atoms with van der Waals surface area (Å²) in [5.41, 5.74) is 0. The van der Waals surface area contributed by atoms with Gasteiger partial charge in [-0.15, -0.1) is 0 Å². The average Bonchev–Trinajstić information content (AvgIpc) is 2.83. The van der Waals surface area contributed by atoms with Crippen molar-refractivity contribution in [3.8, 4) is 11.5 Å². The first-order valence-electron chi connectivity index (χ1n) is 12.6. The molecular formula is C26H44N2O4. The maximum atomic E-state index is 10.4. The van der Waals surface area contributed by atoms with Crippen LogP contribution in [0.4, 0.5) is 0 Å². The Balaban J connectivity index is 1.32. The lowest BCUT2D eigenvalue weighted by Gasteiger charge is -2.32. The van der Waals surface area contributed by atoms with Gasteiger partial charge in [0.15, 0.2) is 0 Å². The molecule has 0 aromatic heterocycles. The van der Waals surface area contributed by atoms with Gasteiger partial charge in [0.25, 0.3) is 0 Å². The van der Waals surface area contributed by atoms with Gasteiger partial charge in [0.05, 0.1) is 0 Å². The van der Waals surface area contributed by atoms with E-state index >= 15 is 0 Å². The van der Waals surface area contributed by atoms with E-state index in [1.807, 2.05) is 24.3 Å². The Morgan fingerprint density at radius 2 is 1.03 bits per heavy atom. The van der Waals surface area contributed by atoms with Crippen molar-refractivity contribution in [2.24, 2.45) is 0 Å². The zero-order valence-corrected chi connectivity index (χ0v) is 20.1. The highest BCUT2D eigenvalue weighted by Gasteiger charge is 2.21. The van der Waals surface area contributed by atoms with Crippen LogP contribution in [0, 0.1) is 0 Å². The highest BCUT2D eigenvalue weighted by Crippen LogP contribution is 2.23. The molecule has 0 spiro atoms. The van der Waals surface area contributed by atoms with Crippen LogP contribution in [0.15, 0.2) is 24.3 Å². The van der Waals surface area contributed by atoms with E-state index in [2.05, 4.69) is 23.9 Å². The minimum atomic E-state index is -0.505. The quantitative estimate of drug-likeness (QED) is 0.508. The molecule has 2 aliphatic rings. The second-order valence-corrected chi connectivity index (χ2v) is 9.86. The third-order valence-corrected chi connectivity index (χ3v) is 7.10. The van der Waals surface area contributed by atoms with Crippen molar-refractivity contribution < 1.29 is 19.7 Å². The Labute approximate surface area is 194 Å². The fourth-order valence-corrected chi connectivity index (χ4v) is 5.13. The standard InChI is InChI=1S/C26H44N2O4/c1-27(21-9-5-3-6-10-21)17-23(29)19-31-25-13-15-26(16-14-25)32-20-24(30)18-28(2)22-11-7-4-8-12-22/h13-16,21-24,29-30H,3-12,17-20H2,1-2H3/t23-,24-/m1/s1. The van der Waals surface area contributed by atoms with Crippen LogP contribution in [0.2, 0.25) is 0 Å². The van der Waals surface area contributed by atoms with Crippen molar-refractivity contribution in [2.45, 2.75) is 88.5 Å². The fraction of sp³-hybridized carbons (Fsp3) is 0.769. The van der Waals surface area contributed by atoms with E-state index in [0.29, 0.717) is 36.7 Å². The second kappa shape index (κ2) is 13.4. The number of hydrogen-bond acceptors (Lipinski definition) is 6. The van der Waals surface area contributed by atoms with Crippen molar-refractivity contribution in [2.75, 3.05) is 40.4 Å². The second-order valence-electron chi connectivity index (χ2n) is 9.86. The minimum Gasteiger partial charge on any atom is -0.491 e. The van der Waals surface area contributed by atoms with Gasteiger partial charge < -0.3 is 29.5 Å². The molecule has 1 aromatic rings. The van der Waals surface area contributed by atoms with E-state index in [-0.39, 0.29) is 13.2 Å². The Kier molecular flexibility index (Phi) is 10.6. The summed E-state index contributed by atoms with van der Waals surface area (Å²) in [5, 5.41) is 20.7. The van der Waals surface area contributed by atoms with Crippen LogP contribution in [0.5, 0.6) is 11.5 Å². The predicted molar refractivity (Wildman–Crippen MR) is 128 cm³/mol. The largest absolute Gasteiger partial charge is 0.491 e. The first kappa shape index (κ1) is 25.3. The van der Waals surface area contributed by atoms with E-state index in [1.54, 1.807) is 0 Å². The predicted octanol–water partition coefficient (Wildman–Crippen LogP) is 3.70. The van der Waals surface area contributed by atoms with Gasteiger partial charge in [0.1, 0.15) is 36.9 Å². The van der Waals surface area contributed by atoms with E-state index in [9.17, 15) is 10.2 Å². The number of aliphatic hydroxyl groups excluding tert-OH is 2. The van der Waals surface area contributed by atoms with Crippen molar-refractivity contribution in [1.82, 2.24) is 9.80 Å². The van der Waals surface area contributed by atoms with Crippen LogP contribution < -0.4 is 9.47 Å². The van der Waals surface area contributed by atoms with Gasteiger partial charge in [-0.25, -0.2) is 0 Å². The lowest BCUT2D eigenvalue weighted by Crippen LogP contribution is -2.40. The molecule has 2 fully saturated rings. The molecule has 0 amide bonds. The molecule has 0 saturated heterocycles. The highest BCUT2D eigenvalue weighted by atomic mass is 16.5. The van der Waals surface area contributed by atoms with Gasteiger partial charge in [-0.3, -0.25) is 0 Å². The average molecular weight is 449 g/mol. The molecule has 2 atom stereocenters. The molecule has 2 saturated carbocycles. The topological polar surface area (TPSA) is 65.4 Å². The first-order chi connectivity index (χ1) is 15.5. The molecule has 0 bridgehead atoms. The summed E-state index contributed by atoms with van der Waals surface area (Å²) in [4.78, 5) is 4.56. The number of nitrogens with zero attached hydrogens (tertiary/aromatic N) is 2. The van der Waals surface area contributed by atoms with E-state index in [0.717, 1.165) is 0 Å². The normalized spacial score (nSPS) is 20.4. The molecule has 0 heterocycles. The molecule has 3 rings (SSSR count). The maximum absolute atomic E-state index is 10.4. The Morgan fingerprint density at radius 3 is 1.38 bits per heavy atom. The third-order valence-electron chi connectivity index (χ3n) is 7.10.